The molecule has 62 heavy (non-hydrogen) atoms. The van der Waals surface area contributed by atoms with Crippen LogP contribution in [0.2, 0.25) is 0 Å². The number of benzene rings is 9. The summed E-state index contributed by atoms with van der Waals surface area (Å²) in [5.74, 6) is 0. The van der Waals surface area contributed by atoms with E-state index in [4.69, 9.17) is 19.9 Å². The van der Waals surface area contributed by atoms with Crippen LogP contribution in [0.5, 0.6) is 0 Å². The van der Waals surface area contributed by atoms with Crippen LogP contribution in [0.1, 0.15) is 0 Å². The van der Waals surface area contributed by atoms with Crippen LogP contribution in [0.3, 0.4) is 0 Å². The van der Waals surface area contributed by atoms with Crippen molar-refractivity contribution in [1.29, 1.82) is 0 Å². The first-order valence-corrected chi connectivity index (χ1v) is 23.6. The molecule has 0 radical (unpaired) electrons. The lowest BCUT2D eigenvalue weighted by atomic mass is 9.84. The molecule has 0 aliphatic rings. The van der Waals surface area contributed by atoms with Gasteiger partial charge in [0.15, 0.2) is 0 Å². The molecule has 0 unspecified atom stereocenters. The van der Waals surface area contributed by atoms with Gasteiger partial charge in [-0.25, -0.2) is 19.9 Å². The Morgan fingerprint density at radius 3 is 0.726 bits per heavy atom. The summed E-state index contributed by atoms with van der Waals surface area (Å²) in [5.41, 5.74) is 13.0. The fourth-order valence-electron chi connectivity index (χ4n) is 8.77. The van der Waals surface area contributed by atoms with E-state index < -0.39 is 0 Å². The minimum atomic E-state index is 0.995. The van der Waals surface area contributed by atoms with E-state index in [1.165, 1.54) is 51.5 Å². The van der Waals surface area contributed by atoms with Gasteiger partial charge in [-0.05, 0) is 129 Å². The average molecular weight is 863 g/mol. The summed E-state index contributed by atoms with van der Waals surface area (Å²) in [7, 11) is 0. The second-order valence-corrected chi connectivity index (χ2v) is 19.5. The largest absolute Gasteiger partial charge is 0.236 e. The van der Waals surface area contributed by atoms with Gasteiger partial charge in [-0.3, -0.25) is 0 Å². The molecular formula is C54H30N4S4. The Labute approximate surface area is 371 Å². The highest BCUT2D eigenvalue weighted by atomic mass is 32.1. The molecule has 0 fully saturated rings. The quantitative estimate of drug-likeness (QED) is 0.156. The molecule has 0 aliphatic carbocycles. The zero-order valence-electron chi connectivity index (χ0n) is 32.7. The van der Waals surface area contributed by atoms with E-state index in [1.807, 2.05) is 0 Å². The first-order valence-electron chi connectivity index (χ1n) is 20.4. The summed E-state index contributed by atoms with van der Waals surface area (Å²) in [4.78, 5) is 20.6. The molecule has 0 aliphatic heterocycles. The number of para-hydroxylation sites is 4. The van der Waals surface area contributed by atoms with Gasteiger partial charge in [-0.1, -0.05) is 97.1 Å². The van der Waals surface area contributed by atoms with Gasteiger partial charge < -0.3 is 0 Å². The van der Waals surface area contributed by atoms with Crippen molar-refractivity contribution in [3.05, 3.63) is 182 Å². The fraction of sp³-hybridized carbons (Fsp3) is 0. The van der Waals surface area contributed by atoms with Crippen LogP contribution < -0.4 is 0 Å². The highest BCUT2D eigenvalue weighted by Crippen LogP contribution is 2.48. The summed E-state index contributed by atoms with van der Waals surface area (Å²) in [6.07, 6.45) is 0. The lowest BCUT2D eigenvalue weighted by molar-refractivity contribution is 1.45. The molecule has 0 spiro atoms. The Morgan fingerprint density at radius 1 is 0.242 bits per heavy atom. The SMILES string of the molecule is c1ccc2sc(-c3cc(-c4nc5ccccc5s4)cc(-c4c5ccccc5c(-c5cc(-c6nc7ccccc7s6)cc(-c6nc7ccccc7s6)c5)c5ccccc45)c3)nc2c1. The van der Waals surface area contributed by atoms with Crippen LogP contribution in [0.25, 0.3) is 127 Å². The maximum Gasteiger partial charge on any atom is 0.124 e. The maximum atomic E-state index is 5.16. The molecule has 4 nitrogen and oxygen atoms in total. The highest BCUT2D eigenvalue weighted by molar-refractivity contribution is 7.22. The van der Waals surface area contributed by atoms with Gasteiger partial charge in [0.1, 0.15) is 20.0 Å². The van der Waals surface area contributed by atoms with Gasteiger partial charge in [0.05, 0.1) is 40.9 Å². The van der Waals surface area contributed by atoms with Gasteiger partial charge in [-0.15, -0.1) is 45.3 Å². The zero-order chi connectivity index (χ0) is 40.7. The number of hydrogen-bond donors (Lipinski definition) is 0. The van der Waals surface area contributed by atoms with Crippen molar-refractivity contribution in [3.8, 4) is 64.5 Å². The predicted molar refractivity (Wildman–Crippen MR) is 267 cm³/mol. The Balaban J connectivity index is 1.08. The predicted octanol–water partition coefficient (Wildman–Crippen LogP) is 16.4. The van der Waals surface area contributed by atoms with E-state index in [0.717, 1.165) is 75.5 Å². The second-order valence-electron chi connectivity index (χ2n) is 15.4. The summed E-state index contributed by atoms with van der Waals surface area (Å²) in [6.45, 7) is 0. The van der Waals surface area contributed by atoms with Crippen molar-refractivity contribution < 1.29 is 0 Å². The van der Waals surface area contributed by atoms with Crippen molar-refractivity contribution in [1.82, 2.24) is 19.9 Å². The van der Waals surface area contributed by atoms with Gasteiger partial charge in [0.2, 0.25) is 0 Å². The van der Waals surface area contributed by atoms with E-state index in [1.54, 1.807) is 45.3 Å². The molecule has 13 rings (SSSR count). The van der Waals surface area contributed by atoms with Crippen molar-refractivity contribution in [2.24, 2.45) is 0 Å². The molecule has 8 heteroatoms. The third-order valence-corrected chi connectivity index (χ3v) is 15.9. The van der Waals surface area contributed by atoms with Crippen molar-refractivity contribution in [2.75, 3.05) is 0 Å². The standard InChI is InChI=1S/C54H30N4S4/c1-2-14-38-37(13-1)49(31-25-33(51-55-41-17-5-9-21-45(41)59-51)29-34(26-31)52-56-42-18-6-10-22-46(42)60-52)39-15-3-4-16-40(39)50(38)32-27-35(53-57-43-19-7-11-23-47(43)61-53)30-36(28-32)54-58-44-20-8-12-24-48(44)62-54/h1-30H. The molecule has 0 saturated carbocycles. The molecule has 0 amide bonds. The van der Waals surface area contributed by atoms with Crippen molar-refractivity contribution >= 4 is 108 Å². The number of hydrogen-bond acceptors (Lipinski definition) is 8. The number of thiazole rings is 4. The monoisotopic (exact) mass is 862 g/mol. The maximum absolute atomic E-state index is 5.16. The topological polar surface area (TPSA) is 51.6 Å². The Morgan fingerprint density at radius 2 is 0.468 bits per heavy atom. The first kappa shape index (κ1) is 35.8. The third-order valence-electron chi connectivity index (χ3n) is 11.5. The minimum Gasteiger partial charge on any atom is -0.236 e. The molecule has 13 aromatic rings. The Bertz CT molecular complexity index is 3280. The molecule has 4 heterocycles. The number of rotatable bonds is 6. The molecule has 0 atom stereocenters. The summed E-state index contributed by atoms with van der Waals surface area (Å²) >= 11 is 6.94. The van der Waals surface area contributed by atoms with E-state index in [9.17, 15) is 0 Å². The van der Waals surface area contributed by atoms with Gasteiger partial charge in [0, 0.05) is 22.3 Å². The van der Waals surface area contributed by atoms with E-state index in [0.29, 0.717) is 0 Å². The van der Waals surface area contributed by atoms with Crippen LogP contribution in [-0.4, -0.2) is 19.9 Å². The fourth-order valence-corrected chi connectivity index (χ4v) is 12.6. The van der Waals surface area contributed by atoms with Crippen LogP contribution in [0.15, 0.2) is 182 Å². The van der Waals surface area contributed by atoms with Crippen molar-refractivity contribution in [2.45, 2.75) is 0 Å². The van der Waals surface area contributed by atoms with Crippen molar-refractivity contribution in [3.63, 3.8) is 0 Å². The lowest BCUT2D eigenvalue weighted by Gasteiger charge is -2.19. The second kappa shape index (κ2) is 14.3. The van der Waals surface area contributed by atoms with Crippen LogP contribution in [0.4, 0.5) is 0 Å². The van der Waals surface area contributed by atoms with E-state index in [2.05, 4.69) is 182 Å². The smallest absolute Gasteiger partial charge is 0.124 e. The Hall–Kier alpha value is -6.94. The molecule has 0 bridgehead atoms. The van der Waals surface area contributed by atoms with E-state index in [-0.39, 0.29) is 0 Å². The summed E-state index contributed by atoms with van der Waals surface area (Å²) < 4.78 is 4.70. The first-order chi connectivity index (χ1) is 30.7. The molecule has 4 aromatic heterocycles. The van der Waals surface area contributed by atoms with Crippen LogP contribution in [0, 0.1) is 0 Å². The highest BCUT2D eigenvalue weighted by Gasteiger charge is 2.22. The minimum absolute atomic E-state index is 0.995. The van der Waals surface area contributed by atoms with Gasteiger partial charge in [-0.2, -0.15) is 0 Å². The summed E-state index contributed by atoms with van der Waals surface area (Å²) in [6, 6.07) is 65.3. The van der Waals surface area contributed by atoms with E-state index >= 15 is 0 Å². The molecule has 290 valence electrons. The lowest BCUT2D eigenvalue weighted by Crippen LogP contribution is -1.93. The normalized spacial score (nSPS) is 11.9. The van der Waals surface area contributed by atoms with Gasteiger partial charge >= 0.3 is 0 Å². The third kappa shape index (κ3) is 5.98. The zero-order valence-corrected chi connectivity index (χ0v) is 36.0. The number of fused-ring (bicyclic) bond motifs is 6. The average Bonchev–Trinajstić information content (AvgIpc) is 4.15. The van der Waals surface area contributed by atoms with Crippen LogP contribution in [-0.2, 0) is 0 Å². The molecule has 0 saturated heterocycles. The molecule has 9 aromatic carbocycles. The number of nitrogens with zero attached hydrogens (tertiary/aromatic N) is 4. The van der Waals surface area contributed by atoms with Gasteiger partial charge in [0.25, 0.3) is 0 Å². The van der Waals surface area contributed by atoms with Crippen LogP contribution >= 0.6 is 45.3 Å². The number of aromatic nitrogens is 4. The summed E-state index contributed by atoms with van der Waals surface area (Å²) in [5, 5.41) is 8.72. The molecular weight excluding hydrogens is 833 g/mol. The molecule has 0 N–H and O–H groups in total. The Kier molecular flexibility index (Phi) is 8.27.